The van der Waals surface area contributed by atoms with Crippen LogP contribution in [0.25, 0.3) is 16.9 Å². The normalized spacial score (nSPS) is 14.2. The van der Waals surface area contributed by atoms with Crippen molar-refractivity contribution in [1.29, 1.82) is 0 Å². The van der Waals surface area contributed by atoms with Crippen LogP contribution in [-0.2, 0) is 10.2 Å². The molecular weight excluding hydrogens is 517 g/mol. The Bertz CT molecular complexity index is 1440. The molecule has 40 heavy (non-hydrogen) atoms. The maximum atomic E-state index is 14.8. The summed E-state index contributed by atoms with van der Waals surface area (Å²) >= 11 is 0. The van der Waals surface area contributed by atoms with Gasteiger partial charge in [-0.3, -0.25) is 10.2 Å². The lowest BCUT2D eigenvalue weighted by Crippen LogP contribution is -2.38. The molecule has 0 bridgehead atoms. The number of morpholine rings is 1. The molecule has 2 amide bonds. The van der Waals surface area contributed by atoms with Gasteiger partial charge in [-0.05, 0) is 36.4 Å². The van der Waals surface area contributed by atoms with Crippen LogP contribution in [0.3, 0.4) is 0 Å². The maximum absolute atomic E-state index is 14.8. The van der Waals surface area contributed by atoms with Gasteiger partial charge in [0.2, 0.25) is 0 Å². The van der Waals surface area contributed by atoms with Gasteiger partial charge in [-0.15, -0.1) is 5.10 Å². The molecule has 0 radical (unpaired) electrons. The first-order chi connectivity index (χ1) is 19.2. The van der Waals surface area contributed by atoms with E-state index < -0.39 is 11.8 Å². The van der Waals surface area contributed by atoms with Crippen molar-refractivity contribution in [3.63, 3.8) is 0 Å². The predicted octanol–water partition coefficient (Wildman–Crippen LogP) is 4.71. The number of halogens is 1. The third kappa shape index (κ3) is 6.82. The van der Waals surface area contributed by atoms with Crippen LogP contribution in [0.4, 0.5) is 20.7 Å². The van der Waals surface area contributed by atoms with Gasteiger partial charge in [0.15, 0.2) is 5.82 Å². The minimum Gasteiger partial charge on any atom is -0.492 e. The average molecular weight is 550 g/mol. The zero-order valence-corrected chi connectivity index (χ0v) is 22.7. The van der Waals surface area contributed by atoms with Crippen molar-refractivity contribution in [1.82, 2.24) is 25.1 Å². The van der Waals surface area contributed by atoms with Gasteiger partial charge in [0.25, 0.3) is 0 Å². The summed E-state index contributed by atoms with van der Waals surface area (Å²) in [7, 11) is 0. The lowest BCUT2D eigenvalue weighted by atomic mass is 9.93. The van der Waals surface area contributed by atoms with E-state index in [4.69, 9.17) is 14.0 Å². The Balaban J connectivity index is 1.16. The number of anilines is 2. The van der Waals surface area contributed by atoms with Crippen LogP contribution in [-0.4, -0.2) is 70.5 Å². The first-order valence-electron chi connectivity index (χ1n) is 13.1. The van der Waals surface area contributed by atoms with Crippen LogP contribution < -0.4 is 15.4 Å². The van der Waals surface area contributed by atoms with E-state index >= 15 is 0 Å². The van der Waals surface area contributed by atoms with Crippen LogP contribution in [0.2, 0.25) is 0 Å². The van der Waals surface area contributed by atoms with E-state index in [2.05, 4.69) is 31.0 Å². The fourth-order valence-electron chi connectivity index (χ4n) is 4.07. The van der Waals surface area contributed by atoms with Crippen LogP contribution >= 0.6 is 0 Å². The molecule has 0 saturated carbocycles. The Morgan fingerprint density at radius 1 is 1.07 bits per heavy atom. The summed E-state index contributed by atoms with van der Waals surface area (Å²) in [6.07, 6.45) is 1.71. The number of urea groups is 1. The van der Waals surface area contributed by atoms with Crippen LogP contribution in [0, 0.1) is 5.82 Å². The van der Waals surface area contributed by atoms with Crippen LogP contribution in [0.5, 0.6) is 5.75 Å². The molecule has 2 aromatic heterocycles. The second kappa shape index (κ2) is 11.8. The molecule has 1 fully saturated rings. The molecule has 4 aromatic rings. The summed E-state index contributed by atoms with van der Waals surface area (Å²) in [4.78, 5) is 14.7. The highest BCUT2D eigenvalue weighted by Gasteiger charge is 2.20. The highest BCUT2D eigenvalue weighted by Crippen LogP contribution is 2.26. The van der Waals surface area contributed by atoms with Gasteiger partial charge in [-0.2, -0.15) is 0 Å². The number of nitrogens with one attached hydrogen (secondary N) is 2. The molecule has 210 valence electrons. The summed E-state index contributed by atoms with van der Waals surface area (Å²) in [5, 5.41) is 17.2. The van der Waals surface area contributed by atoms with Crippen molar-refractivity contribution < 1.29 is 23.2 Å². The molecule has 5 rings (SSSR count). The van der Waals surface area contributed by atoms with Crippen LogP contribution in [0.15, 0.2) is 59.3 Å². The number of aromatic nitrogens is 4. The zero-order valence-electron chi connectivity index (χ0n) is 22.7. The van der Waals surface area contributed by atoms with E-state index in [1.165, 1.54) is 12.1 Å². The second-order valence-corrected chi connectivity index (χ2v) is 10.4. The molecule has 0 aliphatic carbocycles. The van der Waals surface area contributed by atoms with E-state index in [-0.39, 0.29) is 16.9 Å². The molecule has 1 aliphatic heterocycles. The zero-order chi connectivity index (χ0) is 28.1. The molecule has 2 aromatic carbocycles. The molecule has 0 atom stereocenters. The highest BCUT2D eigenvalue weighted by molar-refractivity contribution is 5.99. The number of hydrogen-bond acceptors (Lipinski definition) is 8. The summed E-state index contributed by atoms with van der Waals surface area (Å²) < 4.78 is 32.9. The second-order valence-electron chi connectivity index (χ2n) is 10.4. The van der Waals surface area contributed by atoms with E-state index in [0.717, 1.165) is 44.3 Å². The molecule has 11 nitrogen and oxygen atoms in total. The maximum Gasteiger partial charge on any atom is 0.325 e. The molecule has 12 heteroatoms. The Hall–Kier alpha value is -4.29. The lowest BCUT2D eigenvalue weighted by Gasteiger charge is -2.26. The van der Waals surface area contributed by atoms with Gasteiger partial charge in [0.1, 0.15) is 29.6 Å². The highest BCUT2D eigenvalue weighted by atomic mass is 19.1. The molecule has 0 unspecified atom stereocenters. The van der Waals surface area contributed by atoms with Crippen LogP contribution in [0.1, 0.15) is 26.5 Å². The number of hydrogen-bond donors (Lipinski definition) is 2. The smallest absolute Gasteiger partial charge is 0.325 e. The van der Waals surface area contributed by atoms with E-state index in [9.17, 15) is 9.18 Å². The summed E-state index contributed by atoms with van der Waals surface area (Å²) in [5.41, 5.74) is 1.55. The number of ether oxygens (including phenoxy) is 2. The number of amides is 2. The van der Waals surface area contributed by atoms with Crippen molar-refractivity contribution in [2.45, 2.75) is 26.2 Å². The largest absolute Gasteiger partial charge is 0.492 e. The SMILES string of the molecule is CC(C)(C)c1cc(NC(=O)Nc2ccc(-c3cn(-c4ccc(OCCN5CCOCC5)cc4)nn3)cc2F)no1. The van der Waals surface area contributed by atoms with Gasteiger partial charge in [-0.25, -0.2) is 13.9 Å². The first-order valence-corrected chi connectivity index (χ1v) is 13.1. The summed E-state index contributed by atoms with van der Waals surface area (Å²) in [6, 6.07) is 12.9. The number of nitrogens with zero attached hydrogens (tertiary/aromatic N) is 5. The third-order valence-corrected chi connectivity index (χ3v) is 6.38. The standard InChI is InChI=1S/C28H32FN7O4/c1-28(2,3)25-17-26(33-40-25)31-27(37)30-23-9-4-19(16-22(23)29)24-18-36(34-32-24)20-5-7-21(8-6-20)39-15-12-35-10-13-38-14-11-35/h4-9,16-18H,10-15H2,1-3H3,(H2,30,31,33,37). The van der Waals surface area contributed by atoms with Gasteiger partial charge in [0, 0.05) is 36.7 Å². The molecule has 0 spiro atoms. The molecule has 2 N–H and O–H groups in total. The molecule has 1 saturated heterocycles. The summed E-state index contributed by atoms with van der Waals surface area (Å²) in [6.45, 7) is 10.7. The quantitative estimate of drug-likeness (QED) is 0.324. The molecular formula is C28H32FN7O4. The monoisotopic (exact) mass is 549 g/mol. The number of benzene rings is 2. The first kappa shape index (κ1) is 27.3. The minimum absolute atomic E-state index is 0.0115. The molecule has 1 aliphatic rings. The van der Waals surface area contributed by atoms with Crippen molar-refractivity contribution in [2.75, 3.05) is 50.1 Å². The fourth-order valence-corrected chi connectivity index (χ4v) is 4.07. The number of rotatable bonds is 8. The number of carbonyl (C=O) groups excluding carboxylic acids is 1. The van der Waals surface area contributed by atoms with Gasteiger partial charge >= 0.3 is 6.03 Å². The minimum atomic E-state index is -0.639. The van der Waals surface area contributed by atoms with E-state index in [0.29, 0.717) is 23.6 Å². The van der Waals surface area contributed by atoms with E-state index in [1.54, 1.807) is 23.0 Å². The van der Waals surface area contributed by atoms with Gasteiger partial charge in [0.05, 0.1) is 30.8 Å². The molecule has 3 heterocycles. The lowest BCUT2D eigenvalue weighted by molar-refractivity contribution is 0.0322. The predicted molar refractivity (Wildman–Crippen MR) is 147 cm³/mol. The Morgan fingerprint density at radius 2 is 1.85 bits per heavy atom. The fraction of sp³-hybridized carbons (Fsp3) is 0.357. The van der Waals surface area contributed by atoms with Gasteiger partial charge < -0.3 is 19.3 Å². The Labute approximate surface area is 231 Å². The van der Waals surface area contributed by atoms with Gasteiger partial charge in [-0.1, -0.05) is 37.2 Å². The third-order valence-electron chi connectivity index (χ3n) is 6.38. The topological polar surface area (TPSA) is 120 Å². The van der Waals surface area contributed by atoms with Crippen molar-refractivity contribution >= 4 is 17.5 Å². The Morgan fingerprint density at radius 3 is 2.55 bits per heavy atom. The Kier molecular flexibility index (Phi) is 8.08. The van der Waals surface area contributed by atoms with Crippen molar-refractivity contribution in [3.05, 3.63) is 66.3 Å². The summed E-state index contributed by atoms with van der Waals surface area (Å²) in [5.74, 6) is 1.01. The number of carbonyl (C=O) groups is 1. The van der Waals surface area contributed by atoms with Crippen molar-refractivity contribution in [2.24, 2.45) is 0 Å². The van der Waals surface area contributed by atoms with Crippen molar-refractivity contribution in [3.8, 4) is 22.7 Å². The van der Waals surface area contributed by atoms with E-state index in [1.807, 2.05) is 45.0 Å². The average Bonchev–Trinajstić information content (AvgIpc) is 3.61.